The van der Waals surface area contributed by atoms with Crippen molar-refractivity contribution >= 4 is 17.4 Å². The molecule has 2 rings (SSSR count). The number of Topliss-reactive ketones (excluding diaryl/α,β-unsaturated/α-hetero) is 1. The Morgan fingerprint density at radius 1 is 1.15 bits per heavy atom. The Bertz CT molecular complexity index is 678. The molecular weight excluding hydrogens is 252 g/mol. The number of ketones is 1. The number of hydrogen-bond acceptors (Lipinski definition) is 3. The monoisotopic (exact) mass is 268 g/mol. The average Bonchev–Trinajstić information content (AvgIpc) is 2.42. The third kappa shape index (κ3) is 2.91. The van der Waals surface area contributed by atoms with E-state index < -0.39 is 0 Å². The Balaban J connectivity index is 2.26. The van der Waals surface area contributed by atoms with Crippen LogP contribution < -0.4 is 5.32 Å². The largest absolute Gasteiger partial charge is 0.322 e. The number of aryl methyl sites for hydroxylation is 1. The number of pyridine rings is 1. The van der Waals surface area contributed by atoms with Crippen molar-refractivity contribution in [3.8, 4) is 0 Å². The molecule has 1 N–H and O–H groups in total. The quantitative estimate of drug-likeness (QED) is 0.870. The predicted octanol–water partition coefficient (Wildman–Crippen LogP) is 3.15. The number of nitrogens with zero attached hydrogens (tertiary/aromatic N) is 1. The van der Waals surface area contributed by atoms with E-state index in [-0.39, 0.29) is 11.7 Å². The van der Waals surface area contributed by atoms with Crippen LogP contribution in [0.15, 0.2) is 36.5 Å². The Labute approximate surface area is 117 Å². The van der Waals surface area contributed by atoms with E-state index in [2.05, 4.69) is 10.3 Å². The highest BCUT2D eigenvalue weighted by Gasteiger charge is 2.11. The van der Waals surface area contributed by atoms with Crippen molar-refractivity contribution in [3.63, 3.8) is 0 Å². The summed E-state index contributed by atoms with van der Waals surface area (Å²) in [5, 5.41) is 2.80. The number of rotatable bonds is 3. The van der Waals surface area contributed by atoms with Gasteiger partial charge in [0.1, 0.15) is 0 Å². The summed E-state index contributed by atoms with van der Waals surface area (Å²) < 4.78 is 0. The van der Waals surface area contributed by atoms with Gasteiger partial charge in [0.25, 0.3) is 5.91 Å². The van der Waals surface area contributed by atoms with Crippen molar-refractivity contribution in [3.05, 3.63) is 58.9 Å². The first-order chi connectivity index (χ1) is 9.49. The second-order valence-corrected chi connectivity index (χ2v) is 4.66. The summed E-state index contributed by atoms with van der Waals surface area (Å²) in [6.45, 7) is 5.23. The van der Waals surface area contributed by atoms with E-state index in [0.717, 1.165) is 11.3 Å². The minimum absolute atomic E-state index is 0.0305. The first kappa shape index (κ1) is 13.9. The van der Waals surface area contributed by atoms with Crippen LogP contribution in [0.4, 0.5) is 5.69 Å². The second kappa shape index (κ2) is 5.65. The first-order valence-electron chi connectivity index (χ1n) is 6.33. The topological polar surface area (TPSA) is 59.1 Å². The van der Waals surface area contributed by atoms with E-state index in [0.29, 0.717) is 16.8 Å². The van der Waals surface area contributed by atoms with Gasteiger partial charge in [0.2, 0.25) is 0 Å². The lowest BCUT2D eigenvalue weighted by Gasteiger charge is -2.09. The Morgan fingerprint density at radius 2 is 1.90 bits per heavy atom. The van der Waals surface area contributed by atoms with Crippen molar-refractivity contribution in [1.29, 1.82) is 0 Å². The lowest BCUT2D eigenvalue weighted by atomic mass is 10.1. The third-order valence-corrected chi connectivity index (χ3v) is 3.23. The van der Waals surface area contributed by atoms with Gasteiger partial charge in [-0.3, -0.25) is 14.6 Å². The standard InChI is InChI=1S/C16H16N2O2/c1-10-11(2)17-8-7-15(10)16(20)18-14-6-4-5-13(9-14)12(3)19/h4-9H,1-3H3,(H,18,20). The van der Waals surface area contributed by atoms with Gasteiger partial charge in [0, 0.05) is 28.7 Å². The summed E-state index contributed by atoms with van der Waals surface area (Å²) in [7, 11) is 0. The molecule has 0 fully saturated rings. The molecule has 1 aromatic carbocycles. The molecule has 20 heavy (non-hydrogen) atoms. The van der Waals surface area contributed by atoms with Crippen LogP contribution in [0.1, 0.15) is 38.9 Å². The highest BCUT2D eigenvalue weighted by atomic mass is 16.1. The predicted molar refractivity (Wildman–Crippen MR) is 78.1 cm³/mol. The van der Waals surface area contributed by atoms with Gasteiger partial charge in [0.15, 0.2) is 5.78 Å². The minimum Gasteiger partial charge on any atom is -0.322 e. The molecule has 2 aromatic rings. The SMILES string of the molecule is CC(=O)c1cccc(NC(=O)c2ccnc(C)c2C)c1. The number of anilines is 1. The van der Waals surface area contributed by atoms with Crippen LogP contribution in [-0.4, -0.2) is 16.7 Å². The van der Waals surface area contributed by atoms with E-state index in [1.807, 2.05) is 13.8 Å². The van der Waals surface area contributed by atoms with E-state index in [4.69, 9.17) is 0 Å². The zero-order valence-corrected chi connectivity index (χ0v) is 11.7. The Kier molecular flexibility index (Phi) is 3.94. The van der Waals surface area contributed by atoms with Crippen LogP contribution >= 0.6 is 0 Å². The molecule has 0 aliphatic rings. The van der Waals surface area contributed by atoms with Gasteiger partial charge < -0.3 is 5.32 Å². The first-order valence-corrected chi connectivity index (χ1v) is 6.33. The molecule has 1 heterocycles. The smallest absolute Gasteiger partial charge is 0.256 e. The number of amides is 1. The van der Waals surface area contributed by atoms with Crippen LogP contribution in [-0.2, 0) is 0 Å². The lowest BCUT2D eigenvalue weighted by molar-refractivity contribution is 0.101. The van der Waals surface area contributed by atoms with Crippen LogP contribution in [0.25, 0.3) is 0 Å². The van der Waals surface area contributed by atoms with Crippen molar-refractivity contribution in [1.82, 2.24) is 4.98 Å². The van der Waals surface area contributed by atoms with Crippen LogP contribution in [0.3, 0.4) is 0 Å². The number of hydrogen-bond donors (Lipinski definition) is 1. The van der Waals surface area contributed by atoms with Crippen molar-refractivity contribution in [2.75, 3.05) is 5.32 Å². The number of carbonyl (C=O) groups is 2. The molecule has 4 nitrogen and oxygen atoms in total. The molecule has 0 saturated heterocycles. The van der Waals surface area contributed by atoms with Crippen molar-refractivity contribution < 1.29 is 9.59 Å². The van der Waals surface area contributed by atoms with Crippen molar-refractivity contribution in [2.24, 2.45) is 0 Å². The zero-order valence-electron chi connectivity index (χ0n) is 11.7. The number of carbonyl (C=O) groups excluding carboxylic acids is 2. The maximum atomic E-state index is 12.2. The summed E-state index contributed by atoms with van der Waals surface area (Å²) >= 11 is 0. The van der Waals surface area contributed by atoms with Gasteiger partial charge in [-0.15, -0.1) is 0 Å². The minimum atomic E-state index is -0.200. The molecule has 0 unspecified atom stereocenters. The van der Waals surface area contributed by atoms with Gasteiger partial charge in [-0.2, -0.15) is 0 Å². The fourth-order valence-corrected chi connectivity index (χ4v) is 1.90. The molecule has 1 amide bonds. The summed E-state index contributed by atoms with van der Waals surface area (Å²) in [6.07, 6.45) is 1.61. The molecule has 1 aromatic heterocycles. The van der Waals surface area contributed by atoms with Crippen LogP contribution in [0.5, 0.6) is 0 Å². The fraction of sp³-hybridized carbons (Fsp3) is 0.188. The van der Waals surface area contributed by atoms with Gasteiger partial charge >= 0.3 is 0 Å². The molecule has 0 radical (unpaired) electrons. The molecule has 4 heteroatoms. The van der Waals surface area contributed by atoms with E-state index in [1.165, 1.54) is 6.92 Å². The van der Waals surface area contributed by atoms with E-state index in [1.54, 1.807) is 36.5 Å². The number of nitrogens with one attached hydrogen (secondary N) is 1. The maximum Gasteiger partial charge on any atom is 0.256 e. The molecule has 0 aliphatic carbocycles. The summed E-state index contributed by atoms with van der Waals surface area (Å²) in [5.41, 5.74) is 3.45. The third-order valence-electron chi connectivity index (χ3n) is 3.23. The summed E-state index contributed by atoms with van der Waals surface area (Å²) in [4.78, 5) is 27.7. The van der Waals surface area contributed by atoms with Gasteiger partial charge in [0.05, 0.1) is 0 Å². The second-order valence-electron chi connectivity index (χ2n) is 4.66. The molecule has 0 saturated carbocycles. The molecule has 0 bridgehead atoms. The molecular formula is C16H16N2O2. The Hall–Kier alpha value is -2.49. The van der Waals surface area contributed by atoms with Crippen LogP contribution in [0, 0.1) is 13.8 Å². The van der Waals surface area contributed by atoms with Crippen LogP contribution in [0.2, 0.25) is 0 Å². The van der Waals surface area contributed by atoms with E-state index in [9.17, 15) is 9.59 Å². The molecule has 0 spiro atoms. The maximum absolute atomic E-state index is 12.2. The Morgan fingerprint density at radius 3 is 2.60 bits per heavy atom. The van der Waals surface area contributed by atoms with E-state index >= 15 is 0 Å². The number of aromatic nitrogens is 1. The van der Waals surface area contributed by atoms with Gasteiger partial charge in [-0.05, 0) is 44.5 Å². The number of benzene rings is 1. The van der Waals surface area contributed by atoms with Gasteiger partial charge in [-0.25, -0.2) is 0 Å². The molecule has 0 aliphatic heterocycles. The molecule has 0 atom stereocenters. The highest BCUT2D eigenvalue weighted by molar-refractivity contribution is 6.06. The highest BCUT2D eigenvalue weighted by Crippen LogP contribution is 2.15. The zero-order chi connectivity index (χ0) is 14.7. The average molecular weight is 268 g/mol. The summed E-state index contributed by atoms with van der Waals surface area (Å²) in [6, 6.07) is 8.58. The van der Waals surface area contributed by atoms with Gasteiger partial charge in [-0.1, -0.05) is 12.1 Å². The normalized spacial score (nSPS) is 10.2. The lowest BCUT2D eigenvalue weighted by Crippen LogP contribution is -2.14. The molecule has 102 valence electrons. The summed E-state index contributed by atoms with van der Waals surface area (Å²) in [5.74, 6) is -0.231. The van der Waals surface area contributed by atoms with Crippen molar-refractivity contribution in [2.45, 2.75) is 20.8 Å². The fourth-order valence-electron chi connectivity index (χ4n) is 1.90.